The molecule has 1 aromatic heterocycles. The van der Waals surface area contributed by atoms with Gasteiger partial charge in [-0.3, -0.25) is 0 Å². The number of thioether (sulfide) groups is 1. The Kier molecular flexibility index (Phi) is 5.91. The van der Waals surface area contributed by atoms with Crippen molar-refractivity contribution < 1.29 is 4.42 Å². The van der Waals surface area contributed by atoms with E-state index in [0.29, 0.717) is 6.04 Å². The molecule has 1 N–H and O–H groups in total. The average Bonchev–Trinajstić information content (AvgIpc) is 2.54. The highest BCUT2D eigenvalue weighted by molar-refractivity contribution is 7.99. The molecule has 16 heavy (non-hydrogen) atoms. The van der Waals surface area contributed by atoms with E-state index in [1.54, 1.807) is 11.8 Å². The van der Waals surface area contributed by atoms with Crippen LogP contribution in [0.25, 0.3) is 0 Å². The van der Waals surface area contributed by atoms with Crippen LogP contribution in [0.5, 0.6) is 0 Å². The van der Waals surface area contributed by atoms with Crippen LogP contribution in [0.1, 0.15) is 38.1 Å². The van der Waals surface area contributed by atoms with Gasteiger partial charge in [0.25, 0.3) is 5.22 Å². The van der Waals surface area contributed by atoms with Gasteiger partial charge in [-0.1, -0.05) is 18.7 Å². The molecule has 0 aromatic carbocycles. The number of nitrogens with one attached hydrogen (secondary N) is 1. The Balaban J connectivity index is 2.16. The lowest BCUT2D eigenvalue weighted by atomic mass is 10.2. The second kappa shape index (κ2) is 6.97. The molecular formula is C12H22N2OS. The van der Waals surface area contributed by atoms with E-state index in [9.17, 15) is 0 Å². The quantitative estimate of drug-likeness (QED) is 0.589. The normalized spacial score (nSPS) is 13.0. The zero-order valence-corrected chi connectivity index (χ0v) is 11.5. The summed E-state index contributed by atoms with van der Waals surface area (Å²) in [6.07, 6.45) is 2.40. The molecule has 0 fully saturated rings. The van der Waals surface area contributed by atoms with Crippen molar-refractivity contribution in [2.75, 3.05) is 12.3 Å². The van der Waals surface area contributed by atoms with Gasteiger partial charge in [-0.25, -0.2) is 4.98 Å². The van der Waals surface area contributed by atoms with E-state index in [0.717, 1.165) is 29.0 Å². The van der Waals surface area contributed by atoms with Gasteiger partial charge in [-0.2, -0.15) is 0 Å². The summed E-state index contributed by atoms with van der Waals surface area (Å²) in [4.78, 5) is 4.34. The highest BCUT2D eigenvalue weighted by atomic mass is 32.2. The maximum Gasteiger partial charge on any atom is 0.256 e. The van der Waals surface area contributed by atoms with Crippen LogP contribution in [-0.4, -0.2) is 23.3 Å². The third kappa shape index (κ3) is 4.58. The van der Waals surface area contributed by atoms with Gasteiger partial charge in [0.2, 0.25) is 0 Å². The molecule has 1 heterocycles. The van der Waals surface area contributed by atoms with Crippen LogP contribution in [0.15, 0.2) is 9.64 Å². The molecule has 0 saturated carbocycles. The highest BCUT2D eigenvalue weighted by Gasteiger charge is 2.06. The fraction of sp³-hybridized carbons (Fsp3) is 0.750. The van der Waals surface area contributed by atoms with Crippen LogP contribution < -0.4 is 5.32 Å². The van der Waals surface area contributed by atoms with Crippen LogP contribution in [0, 0.1) is 13.8 Å². The molecule has 0 aliphatic rings. The summed E-state index contributed by atoms with van der Waals surface area (Å²) < 4.78 is 5.51. The Morgan fingerprint density at radius 1 is 1.44 bits per heavy atom. The smallest absolute Gasteiger partial charge is 0.256 e. The van der Waals surface area contributed by atoms with Gasteiger partial charge in [0, 0.05) is 11.8 Å². The molecule has 0 radical (unpaired) electrons. The molecule has 4 heteroatoms. The highest BCUT2D eigenvalue weighted by Crippen LogP contribution is 2.21. The molecule has 1 rings (SSSR count). The number of hydrogen-bond acceptors (Lipinski definition) is 4. The van der Waals surface area contributed by atoms with Crippen molar-refractivity contribution in [1.29, 1.82) is 0 Å². The molecule has 1 aromatic rings. The van der Waals surface area contributed by atoms with Gasteiger partial charge in [0.1, 0.15) is 5.76 Å². The van der Waals surface area contributed by atoms with Crippen molar-refractivity contribution in [1.82, 2.24) is 10.3 Å². The molecule has 0 amide bonds. The third-order valence-corrected chi connectivity index (χ3v) is 3.48. The minimum Gasteiger partial charge on any atom is -0.437 e. The Morgan fingerprint density at radius 2 is 2.19 bits per heavy atom. The lowest BCUT2D eigenvalue weighted by Gasteiger charge is -2.10. The fourth-order valence-corrected chi connectivity index (χ4v) is 2.38. The van der Waals surface area contributed by atoms with Crippen molar-refractivity contribution in [2.24, 2.45) is 0 Å². The van der Waals surface area contributed by atoms with E-state index in [2.05, 4.69) is 24.1 Å². The second-order valence-electron chi connectivity index (χ2n) is 4.07. The molecule has 0 aliphatic carbocycles. The SMILES string of the molecule is CCNC(C)CCCSc1nc(C)c(C)o1. The van der Waals surface area contributed by atoms with Crippen molar-refractivity contribution in [3.05, 3.63) is 11.5 Å². The average molecular weight is 242 g/mol. The Hall–Kier alpha value is -0.480. The van der Waals surface area contributed by atoms with Gasteiger partial charge in [-0.05, 0) is 40.2 Å². The lowest BCUT2D eigenvalue weighted by Crippen LogP contribution is -2.25. The van der Waals surface area contributed by atoms with Gasteiger partial charge in [0.05, 0.1) is 5.69 Å². The predicted octanol–water partition coefficient (Wildman–Crippen LogP) is 3.16. The van der Waals surface area contributed by atoms with E-state index < -0.39 is 0 Å². The van der Waals surface area contributed by atoms with E-state index in [1.165, 1.54) is 12.8 Å². The van der Waals surface area contributed by atoms with Gasteiger partial charge >= 0.3 is 0 Å². The first kappa shape index (κ1) is 13.6. The second-order valence-corrected chi connectivity index (χ2v) is 5.12. The zero-order chi connectivity index (χ0) is 12.0. The monoisotopic (exact) mass is 242 g/mol. The first-order valence-corrected chi connectivity index (χ1v) is 6.92. The Bertz CT molecular complexity index is 292. The number of rotatable bonds is 7. The van der Waals surface area contributed by atoms with Crippen molar-refractivity contribution >= 4 is 11.8 Å². The number of nitrogens with zero attached hydrogens (tertiary/aromatic N) is 1. The van der Waals surface area contributed by atoms with Crippen molar-refractivity contribution in [3.63, 3.8) is 0 Å². The molecule has 0 spiro atoms. The summed E-state index contributed by atoms with van der Waals surface area (Å²) in [5.74, 6) is 2.01. The minimum absolute atomic E-state index is 0.610. The van der Waals surface area contributed by atoms with E-state index in [4.69, 9.17) is 4.42 Å². The summed E-state index contributed by atoms with van der Waals surface area (Å²) in [7, 11) is 0. The maximum atomic E-state index is 5.51. The van der Waals surface area contributed by atoms with E-state index in [-0.39, 0.29) is 0 Å². The van der Waals surface area contributed by atoms with Crippen molar-refractivity contribution in [2.45, 2.75) is 51.8 Å². The summed E-state index contributed by atoms with van der Waals surface area (Å²) in [6, 6.07) is 0.610. The van der Waals surface area contributed by atoms with E-state index in [1.807, 2.05) is 13.8 Å². The summed E-state index contributed by atoms with van der Waals surface area (Å²) in [5, 5.41) is 4.22. The van der Waals surface area contributed by atoms with Gasteiger partial charge in [-0.15, -0.1) is 0 Å². The largest absolute Gasteiger partial charge is 0.437 e. The number of oxazole rings is 1. The predicted molar refractivity (Wildman–Crippen MR) is 69.1 cm³/mol. The summed E-state index contributed by atoms with van der Waals surface area (Å²) in [5.41, 5.74) is 1.00. The number of hydrogen-bond donors (Lipinski definition) is 1. The maximum absolute atomic E-state index is 5.51. The first-order chi connectivity index (χ1) is 7.63. The van der Waals surface area contributed by atoms with Crippen LogP contribution in [-0.2, 0) is 0 Å². The van der Waals surface area contributed by atoms with Crippen LogP contribution in [0.4, 0.5) is 0 Å². The van der Waals surface area contributed by atoms with Crippen LogP contribution in [0.2, 0.25) is 0 Å². The number of aromatic nitrogens is 1. The van der Waals surface area contributed by atoms with Crippen LogP contribution in [0.3, 0.4) is 0 Å². The van der Waals surface area contributed by atoms with E-state index >= 15 is 0 Å². The zero-order valence-electron chi connectivity index (χ0n) is 10.7. The fourth-order valence-electron chi connectivity index (χ4n) is 1.50. The van der Waals surface area contributed by atoms with Gasteiger partial charge < -0.3 is 9.73 Å². The molecule has 1 unspecified atom stereocenters. The molecule has 0 aliphatic heterocycles. The molecule has 1 atom stereocenters. The lowest BCUT2D eigenvalue weighted by molar-refractivity contribution is 0.430. The Morgan fingerprint density at radius 3 is 2.75 bits per heavy atom. The van der Waals surface area contributed by atoms with Crippen LogP contribution >= 0.6 is 11.8 Å². The molecule has 3 nitrogen and oxygen atoms in total. The first-order valence-electron chi connectivity index (χ1n) is 5.93. The molecular weight excluding hydrogens is 220 g/mol. The Labute approximate surface area is 102 Å². The number of aryl methyl sites for hydroxylation is 2. The molecule has 0 bridgehead atoms. The van der Waals surface area contributed by atoms with Gasteiger partial charge in [0.15, 0.2) is 0 Å². The molecule has 92 valence electrons. The standard InChI is InChI=1S/C12H22N2OS/c1-5-13-9(2)7-6-8-16-12-14-10(3)11(4)15-12/h9,13H,5-8H2,1-4H3. The van der Waals surface area contributed by atoms with Crippen molar-refractivity contribution in [3.8, 4) is 0 Å². The summed E-state index contributed by atoms with van der Waals surface area (Å²) in [6.45, 7) is 9.36. The third-order valence-electron chi connectivity index (χ3n) is 2.57. The topological polar surface area (TPSA) is 38.1 Å². The summed E-state index contributed by atoms with van der Waals surface area (Å²) >= 11 is 1.71. The minimum atomic E-state index is 0.610. The molecule has 0 saturated heterocycles.